The Morgan fingerprint density at radius 3 is 2.65 bits per heavy atom. The number of fused-ring (bicyclic) bond motifs is 1. The van der Waals surface area contributed by atoms with Crippen molar-refractivity contribution in [3.05, 3.63) is 59.9 Å². The highest BCUT2D eigenvalue weighted by Crippen LogP contribution is 2.29. The molecule has 0 N–H and O–H groups in total. The first-order valence-electron chi connectivity index (χ1n) is 7.11. The molecule has 0 saturated heterocycles. The minimum atomic E-state index is -0.370. The third kappa shape index (κ3) is 3.38. The lowest BCUT2D eigenvalue weighted by atomic mass is 10.2. The molecular formula is C17H15FN2O2S. The Bertz CT molecular complexity index is 784. The largest absolute Gasteiger partial charge is 0.383 e. The highest BCUT2D eigenvalue weighted by atomic mass is 32.1. The van der Waals surface area contributed by atoms with E-state index < -0.39 is 0 Å². The number of ether oxygens (including phenoxy) is 1. The molecule has 0 aliphatic heterocycles. The summed E-state index contributed by atoms with van der Waals surface area (Å²) >= 11 is 1.45. The van der Waals surface area contributed by atoms with Gasteiger partial charge in [-0.2, -0.15) is 0 Å². The molecule has 3 rings (SSSR count). The number of amides is 1. The van der Waals surface area contributed by atoms with Crippen LogP contribution in [0.4, 0.5) is 9.52 Å². The van der Waals surface area contributed by atoms with Crippen molar-refractivity contribution in [1.82, 2.24) is 4.98 Å². The molecule has 0 aliphatic carbocycles. The Balaban J connectivity index is 1.96. The van der Waals surface area contributed by atoms with Crippen LogP contribution in [0.1, 0.15) is 10.4 Å². The maximum Gasteiger partial charge on any atom is 0.260 e. The number of anilines is 1. The molecule has 0 bridgehead atoms. The highest BCUT2D eigenvalue weighted by Gasteiger charge is 2.21. The average Bonchev–Trinajstić information content (AvgIpc) is 2.99. The van der Waals surface area contributed by atoms with Crippen LogP contribution in [0.15, 0.2) is 48.5 Å². The van der Waals surface area contributed by atoms with Gasteiger partial charge in [0.2, 0.25) is 0 Å². The molecule has 0 spiro atoms. The third-order valence-electron chi connectivity index (χ3n) is 3.37. The lowest BCUT2D eigenvalue weighted by Gasteiger charge is -2.19. The number of para-hydroxylation sites is 1. The van der Waals surface area contributed by atoms with Crippen LogP contribution in [-0.4, -0.2) is 31.2 Å². The SMILES string of the molecule is COCCN(C(=O)c1ccc(F)cc1)c1nc2ccccc2s1. The topological polar surface area (TPSA) is 42.4 Å². The van der Waals surface area contributed by atoms with Crippen molar-refractivity contribution in [2.24, 2.45) is 0 Å². The number of nitrogens with zero attached hydrogens (tertiary/aromatic N) is 2. The summed E-state index contributed by atoms with van der Waals surface area (Å²) in [6.45, 7) is 0.773. The molecule has 0 unspecified atom stereocenters. The van der Waals surface area contributed by atoms with E-state index in [9.17, 15) is 9.18 Å². The Kier molecular flexibility index (Phi) is 4.64. The zero-order valence-electron chi connectivity index (χ0n) is 12.5. The maximum atomic E-state index is 13.1. The number of thiazole rings is 1. The van der Waals surface area contributed by atoms with Crippen molar-refractivity contribution >= 4 is 32.6 Å². The predicted molar refractivity (Wildman–Crippen MR) is 89.6 cm³/mol. The second-order valence-electron chi connectivity index (χ2n) is 4.92. The number of aromatic nitrogens is 1. The fraction of sp³-hybridized carbons (Fsp3) is 0.176. The molecule has 1 amide bonds. The summed E-state index contributed by atoms with van der Waals surface area (Å²) in [4.78, 5) is 18.8. The molecule has 0 atom stereocenters. The number of hydrogen-bond acceptors (Lipinski definition) is 4. The molecular weight excluding hydrogens is 315 g/mol. The molecule has 0 saturated carbocycles. The van der Waals surface area contributed by atoms with Gasteiger partial charge >= 0.3 is 0 Å². The molecule has 2 aromatic carbocycles. The van der Waals surface area contributed by atoms with E-state index in [2.05, 4.69) is 4.98 Å². The van der Waals surface area contributed by atoms with Crippen LogP contribution in [0.25, 0.3) is 10.2 Å². The van der Waals surface area contributed by atoms with Gasteiger partial charge in [-0.25, -0.2) is 9.37 Å². The van der Waals surface area contributed by atoms with E-state index in [1.807, 2.05) is 24.3 Å². The van der Waals surface area contributed by atoms with E-state index in [0.717, 1.165) is 10.2 Å². The molecule has 4 nitrogen and oxygen atoms in total. The summed E-state index contributed by atoms with van der Waals surface area (Å²) in [5.74, 6) is -0.592. The van der Waals surface area contributed by atoms with Gasteiger partial charge < -0.3 is 4.74 Å². The molecule has 3 aromatic rings. The summed E-state index contributed by atoms with van der Waals surface area (Å²) in [5.41, 5.74) is 1.27. The molecule has 0 aliphatic rings. The quantitative estimate of drug-likeness (QED) is 0.716. The van der Waals surface area contributed by atoms with E-state index in [4.69, 9.17) is 4.74 Å². The minimum Gasteiger partial charge on any atom is -0.383 e. The van der Waals surface area contributed by atoms with Gasteiger partial charge in [-0.05, 0) is 36.4 Å². The van der Waals surface area contributed by atoms with Gasteiger partial charge in [-0.15, -0.1) is 0 Å². The highest BCUT2D eigenvalue weighted by molar-refractivity contribution is 7.22. The number of benzene rings is 2. The lowest BCUT2D eigenvalue weighted by Crippen LogP contribution is -2.33. The van der Waals surface area contributed by atoms with E-state index in [0.29, 0.717) is 23.8 Å². The van der Waals surface area contributed by atoms with Crippen molar-refractivity contribution in [2.45, 2.75) is 0 Å². The van der Waals surface area contributed by atoms with Crippen molar-refractivity contribution in [3.63, 3.8) is 0 Å². The van der Waals surface area contributed by atoms with E-state index in [1.54, 1.807) is 12.0 Å². The maximum absolute atomic E-state index is 13.1. The van der Waals surface area contributed by atoms with E-state index in [1.165, 1.54) is 35.6 Å². The van der Waals surface area contributed by atoms with Gasteiger partial charge in [0, 0.05) is 12.7 Å². The Morgan fingerprint density at radius 2 is 1.96 bits per heavy atom. The van der Waals surface area contributed by atoms with Crippen LogP contribution in [0.3, 0.4) is 0 Å². The van der Waals surface area contributed by atoms with Gasteiger partial charge in [-0.3, -0.25) is 9.69 Å². The number of carbonyl (C=O) groups is 1. The number of methoxy groups -OCH3 is 1. The summed E-state index contributed by atoms with van der Waals surface area (Å²) in [5, 5.41) is 0.609. The first-order chi connectivity index (χ1) is 11.2. The summed E-state index contributed by atoms with van der Waals surface area (Å²) in [6.07, 6.45) is 0. The van der Waals surface area contributed by atoms with Crippen molar-refractivity contribution in [3.8, 4) is 0 Å². The first kappa shape index (κ1) is 15.6. The van der Waals surface area contributed by atoms with Crippen molar-refractivity contribution in [2.75, 3.05) is 25.2 Å². The van der Waals surface area contributed by atoms with Crippen LogP contribution in [0.5, 0.6) is 0 Å². The van der Waals surface area contributed by atoms with Crippen LogP contribution < -0.4 is 4.90 Å². The van der Waals surface area contributed by atoms with Gasteiger partial charge in [0.15, 0.2) is 5.13 Å². The Morgan fingerprint density at radius 1 is 1.22 bits per heavy atom. The average molecular weight is 330 g/mol. The summed E-state index contributed by atoms with van der Waals surface area (Å²) in [7, 11) is 1.58. The molecule has 0 radical (unpaired) electrons. The molecule has 0 fully saturated rings. The molecule has 118 valence electrons. The Labute approximate surface area is 137 Å². The number of carbonyl (C=O) groups excluding carboxylic acids is 1. The predicted octanol–water partition coefficient (Wildman–Crippen LogP) is 3.73. The summed E-state index contributed by atoms with van der Waals surface area (Å²) in [6, 6.07) is 13.2. The Hall–Kier alpha value is -2.31. The third-order valence-corrected chi connectivity index (χ3v) is 4.43. The second-order valence-corrected chi connectivity index (χ2v) is 5.93. The number of hydrogen-bond donors (Lipinski definition) is 0. The lowest BCUT2D eigenvalue weighted by molar-refractivity contribution is 0.0976. The molecule has 6 heteroatoms. The monoisotopic (exact) mass is 330 g/mol. The van der Waals surface area contributed by atoms with Crippen LogP contribution in [-0.2, 0) is 4.74 Å². The standard InChI is InChI=1S/C17H15FN2O2S/c1-22-11-10-20(16(21)12-6-8-13(18)9-7-12)17-19-14-4-2-3-5-15(14)23-17/h2-9H,10-11H2,1H3. The van der Waals surface area contributed by atoms with E-state index >= 15 is 0 Å². The second kappa shape index (κ2) is 6.85. The normalized spacial score (nSPS) is 10.9. The van der Waals surface area contributed by atoms with Crippen LogP contribution in [0.2, 0.25) is 0 Å². The smallest absolute Gasteiger partial charge is 0.260 e. The zero-order chi connectivity index (χ0) is 16.2. The van der Waals surface area contributed by atoms with Gasteiger partial charge in [-0.1, -0.05) is 23.5 Å². The fourth-order valence-electron chi connectivity index (χ4n) is 2.19. The van der Waals surface area contributed by atoms with Gasteiger partial charge in [0.25, 0.3) is 5.91 Å². The first-order valence-corrected chi connectivity index (χ1v) is 7.92. The number of rotatable bonds is 5. The van der Waals surface area contributed by atoms with Crippen LogP contribution in [0, 0.1) is 5.82 Å². The summed E-state index contributed by atoms with van der Waals surface area (Å²) < 4.78 is 19.2. The van der Waals surface area contributed by atoms with Gasteiger partial charge in [0.05, 0.1) is 23.4 Å². The minimum absolute atomic E-state index is 0.221. The molecule has 1 heterocycles. The fourth-order valence-corrected chi connectivity index (χ4v) is 3.18. The van der Waals surface area contributed by atoms with Gasteiger partial charge in [0.1, 0.15) is 5.82 Å². The molecule has 23 heavy (non-hydrogen) atoms. The van der Waals surface area contributed by atoms with Crippen molar-refractivity contribution < 1.29 is 13.9 Å². The molecule has 1 aromatic heterocycles. The zero-order valence-corrected chi connectivity index (χ0v) is 13.3. The van der Waals surface area contributed by atoms with Crippen molar-refractivity contribution in [1.29, 1.82) is 0 Å². The number of halogens is 1. The van der Waals surface area contributed by atoms with Crippen LogP contribution >= 0.6 is 11.3 Å². The van der Waals surface area contributed by atoms with E-state index in [-0.39, 0.29) is 11.7 Å².